The summed E-state index contributed by atoms with van der Waals surface area (Å²) < 4.78 is 31.1. The lowest BCUT2D eigenvalue weighted by Gasteiger charge is -2.09. The summed E-state index contributed by atoms with van der Waals surface area (Å²) in [5.74, 6) is -0.583. The Morgan fingerprint density at radius 1 is 1.25 bits per heavy atom. The van der Waals surface area contributed by atoms with E-state index >= 15 is 0 Å². The lowest BCUT2D eigenvalue weighted by Crippen LogP contribution is -2.13. The highest BCUT2D eigenvalue weighted by atomic mass is 19.1. The molecule has 1 atom stereocenters. The van der Waals surface area contributed by atoms with Gasteiger partial charge in [-0.2, -0.15) is 0 Å². The molecule has 0 radical (unpaired) electrons. The van der Waals surface area contributed by atoms with Crippen molar-refractivity contribution in [3.8, 4) is 0 Å². The molecule has 0 unspecified atom stereocenters. The van der Waals surface area contributed by atoms with Gasteiger partial charge < -0.3 is 10.1 Å². The normalized spacial score (nSPS) is 20.2. The van der Waals surface area contributed by atoms with Gasteiger partial charge in [0, 0.05) is 12.6 Å². The number of hydrogen-bond donors (Lipinski definition) is 1. The second-order valence-electron chi connectivity index (χ2n) is 4.15. The van der Waals surface area contributed by atoms with Gasteiger partial charge in [0.15, 0.2) is 0 Å². The van der Waals surface area contributed by atoms with E-state index in [4.69, 9.17) is 4.74 Å². The van der Waals surface area contributed by atoms with Crippen molar-refractivity contribution >= 4 is 0 Å². The van der Waals surface area contributed by atoms with Gasteiger partial charge in [0.05, 0.1) is 13.2 Å². The van der Waals surface area contributed by atoms with Crippen molar-refractivity contribution in [2.24, 2.45) is 5.92 Å². The van der Waals surface area contributed by atoms with Crippen molar-refractivity contribution in [3.05, 3.63) is 35.4 Å². The Kier molecular flexibility index (Phi) is 3.85. The Balaban J connectivity index is 1.80. The van der Waals surface area contributed by atoms with E-state index in [0.717, 1.165) is 25.6 Å². The van der Waals surface area contributed by atoms with Crippen molar-refractivity contribution in [2.45, 2.75) is 13.0 Å². The summed E-state index contributed by atoms with van der Waals surface area (Å²) in [6.07, 6.45) is 1.11. The molecule has 0 saturated carbocycles. The van der Waals surface area contributed by atoms with E-state index in [2.05, 4.69) is 5.32 Å². The minimum absolute atomic E-state index is 0.269. The molecular formula is C12H15F2NO. The standard InChI is InChI=1S/C12H15F2NO/c13-11-3-10(4-12(14)5-11)8-16-7-9-1-2-15-6-9/h3-5,9,15H,1-2,6-8H2/t9-/m0/s1. The number of rotatable bonds is 4. The highest BCUT2D eigenvalue weighted by Gasteiger charge is 2.14. The van der Waals surface area contributed by atoms with Crippen LogP contribution < -0.4 is 5.32 Å². The third-order valence-electron chi connectivity index (χ3n) is 2.71. The summed E-state index contributed by atoms with van der Waals surface area (Å²) in [6, 6.07) is 3.47. The fourth-order valence-corrected chi connectivity index (χ4v) is 1.89. The van der Waals surface area contributed by atoms with Gasteiger partial charge in [0.1, 0.15) is 11.6 Å². The molecule has 0 spiro atoms. The summed E-state index contributed by atoms with van der Waals surface area (Å²) in [4.78, 5) is 0. The van der Waals surface area contributed by atoms with E-state index in [1.807, 2.05) is 0 Å². The SMILES string of the molecule is Fc1cc(F)cc(COC[C@H]2CCNC2)c1. The molecule has 88 valence electrons. The summed E-state index contributed by atoms with van der Waals surface area (Å²) in [6.45, 7) is 2.91. The van der Waals surface area contributed by atoms with Gasteiger partial charge in [-0.05, 0) is 36.6 Å². The van der Waals surface area contributed by atoms with Crippen molar-refractivity contribution in [2.75, 3.05) is 19.7 Å². The Hall–Kier alpha value is -1.00. The second-order valence-corrected chi connectivity index (χ2v) is 4.15. The zero-order chi connectivity index (χ0) is 11.4. The van der Waals surface area contributed by atoms with E-state index < -0.39 is 11.6 Å². The molecule has 0 bridgehead atoms. The largest absolute Gasteiger partial charge is 0.376 e. The summed E-state index contributed by atoms with van der Waals surface area (Å²) in [7, 11) is 0. The quantitative estimate of drug-likeness (QED) is 0.850. The first-order valence-electron chi connectivity index (χ1n) is 5.47. The summed E-state index contributed by atoms with van der Waals surface area (Å²) in [5, 5.41) is 3.24. The van der Waals surface area contributed by atoms with Gasteiger partial charge in [-0.3, -0.25) is 0 Å². The van der Waals surface area contributed by atoms with Crippen molar-refractivity contribution in [1.29, 1.82) is 0 Å². The fourth-order valence-electron chi connectivity index (χ4n) is 1.89. The number of halogens is 2. The van der Waals surface area contributed by atoms with Crippen LogP contribution in [0.5, 0.6) is 0 Å². The second kappa shape index (κ2) is 5.37. The molecule has 1 heterocycles. The number of hydrogen-bond acceptors (Lipinski definition) is 2. The molecule has 1 N–H and O–H groups in total. The zero-order valence-corrected chi connectivity index (χ0v) is 9.01. The Bertz CT molecular complexity index is 331. The van der Waals surface area contributed by atoms with Crippen molar-refractivity contribution in [1.82, 2.24) is 5.32 Å². The average Bonchev–Trinajstić information content (AvgIpc) is 2.69. The third-order valence-corrected chi connectivity index (χ3v) is 2.71. The summed E-state index contributed by atoms with van der Waals surface area (Å²) in [5.41, 5.74) is 0.545. The van der Waals surface area contributed by atoms with Crippen molar-refractivity contribution in [3.63, 3.8) is 0 Å². The first-order chi connectivity index (χ1) is 7.74. The van der Waals surface area contributed by atoms with Crippen LogP contribution in [0.2, 0.25) is 0 Å². The maximum absolute atomic E-state index is 12.9. The van der Waals surface area contributed by atoms with Gasteiger partial charge in [-0.25, -0.2) is 8.78 Å². The molecule has 4 heteroatoms. The molecule has 1 aliphatic rings. The minimum atomic E-state index is -0.555. The van der Waals surface area contributed by atoms with Crippen LogP contribution in [-0.2, 0) is 11.3 Å². The van der Waals surface area contributed by atoms with Crippen LogP contribution in [0.15, 0.2) is 18.2 Å². The van der Waals surface area contributed by atoms with Crippen LogP contribution >= 0.6 is 0 Å². The maximum atomic E-state index is 12.9. The molecule has 1 aromatic rings. The van der Waals surface area contributed by atoms with E-state index in [1.165, 1.54) is 12.1 Å². The molecule has 1 fully saturated rings. The van der Waals surface area contributed by atoms with E-state index in [1.54, 1.807) is 0 Å². The Morgan fingerprint density at radius 3 is 2.62 bits per heavy atom. The molecule has 1 aromatic carbocycles. The molecule has 0 amide bonds. The molecule has 2 nitrogen and oxygen atoms in total. The Labute approximate surface area is 93.6 Å². The molecule has 0 aromatic heterocycles. The van der Waals surface area contributed by atoms with Gasteiger partial charge in [-0.15, -0.1) is 0 Å². The monoisotopic (exact) mass is 227 g/mol. The lowest BCUT2D eigenvalue weighted by molar-refractivity contribution is 0.0921. The van der Waals surface area contributed by atoms with Gasteiger partial charge in [-0.1, -0.05) is 0 Å². The van der Waals surface area contributed by atoms with Crippen LogP contribution in [0, 0.1) is 17.6 Å². The minimum Gasteiger partial charge on any atom is -0.376 e. The van der Waals surface area contributed by atoms with Crippen LogP contribution in [-0.4, -0.2) is 19.7 Å². The van der Waals surface area contributed by atoms with Crippen LogP contribution in [0.3, 0.4) is 0 Å². The lowest BCUT2D eigenvalue weighted by atomic mass is 10.1. The summed E-state index contributed by atoms with van der Waals surface area (Å²) >= 11 is 0. The van der Waals surface area contributed by atoms with Crippen molar-refractivity contribution < 1.29 is 13.5 Å². The fraction of sp³-hybridized carbons (Fsp3) is 0.500. The third kappa shape index (κ3) is 3.25. The van der Waals surface area contributed by atoms with Gasteiger partial charge in [0.2, 0.25) is 0 Å². The average molecular weight is 227 g/mol. The Morgan fingerprint density at radius 2 is 2.00 bits per heavy atom. The molecular weight excluding hydrogens is 212 g/mol. The van der Waals surface area contributed by atoms with Gasteiger partial charge in [0.25, 0.3) is 0 Å². The molecule has 1 aliphatic heterocycles. The zero-order valence-electron chi connectivity index (χ0n) is 9.01. The van der Waals surface area contributed by atoms with Crippen LogP contribution in [0.1, 0.15) is 12.0 Å². The molecule has 16 heavy (non-hydrogen) atoms. The highest BCUT2D eigenvalue weighted by Crippen LogP contribution is 2.12. The van der Waals surface area contributed by atoms with E-state index in [9.17, 15) is 8.78 Å². The predicted molar refractivity (Wildman–Crippen MR) is 57.0 cm³/mol. The number of nitrogens with one attached hydrogen (secondary N) is 1. The smallest absolute Gasteiger partial charge is 0.126 e. The van der Waals surface area contributed by atoms with Crippen LogP contribution in [0.25, 0.3) is 0 Å². The molecule has 1 saturated heterocycles. The number of ether oxygens (including phenoxy) is 1. The first kappa shape index (κ1) is 11.5. The van der Waals surface area contributed by atoms with E-state index in [0.29, 0.717) is 18.1 Å². The maximum Gasteiger partial charge on any atom is 0.126 e. The first-order valence-corrected chi connectivity index (χ1v) is 5.47. The van der Waals surface area contributed by atoms with Gasteiger partial charge >= 0.3 is 0 Å². The molecule has 2 rings (SSSR count). The predicted octanol–water partition coefficient (Wildman–Crippen LogP) is 2.09. The van der Waals surface area contributed by atoms with Crippen LogP contribution in [0.4, 0.5) is 8.78 Å². The number of benzene rings is 1. The van der Waals surface area contributed by atoms with E-state index in [-0.39, 0.29) is 6.61 Å². The molecule has 0 aliphatic carbocycles. The topological polar surface area (TPSA) is 21.3 Å². The highest BCUT2D eigenvalue weighted by molar-refractivity contribution is 5.16.